The van der Waals surface area contributed by atoms with Gasteiger partial charge in [0.25, 0.3) is 0 Å². The lowest BCUT2D eigenvalue weighted by atomic mass is 9.97. The highest BCUT2D eigenvalue weighted by Gasteiger charge is 2.48. The molecule has 0 amide bonds. The lowest BCUT2D eigenvalue weighted by molar-refractivity contribution is -0.188. The van der Waals surface area contributed by atoms with Crippen molar-refractivity contribution < 1.29 is 19.1 Å². The summed E-state index contributed by atoms with van der Waals surface area (Å²) in [5, 5.41) is 0.0433. The first kappa shape index (κ1) is 16.7. The molecule has 6 nitrogen and oxygen atoms in total. The van der Waals surface area contributed by atoms with Crippen molar-refractivity contribution in [1.82, 2.24) is 9.55 Å². The third-order valence-electron chi connectivity index (χ3n) is 4.24. The molecule has 1 aliphatic rings. The molecule has 0 saturated carbocycles. The maximum Gasteiger partial charge on any atom is 0.359 e. The maximum atomic E-state index is 12.6. The Morgan fingerprint density at radius 2 is 2.00 bits per heavy atom. The molecule has 1 fully saturated rings. The molecule has 0 bridgehead atoms. The maximum absolute atomic E-state index is 12.6. The van der Waals surface area contributed by atoms with E-state index >= 15 is 0 Å². The van der Waals surface area contributed by atoms with E-state index in [1.807, 2.05) is 37.3 Å². The minimum atomic E-state index is -1.22. The second kappa shape index (κ2) is 6.37. The third kappa shape index (κ3) is 2.83. The van der Waals surface area contributed by atoms with Crippen LogP contribution in [0.25, 0.3) is 0 Å². The van der Waals surface area contributed by atoms with Gasteiger partial charge in [-0.25, -0.2) is 9.78 Å². The summed E-state index contributed by atoms with van der Waals surface area (Å²) >= 11 is 6.09. The second-order valence-corrected chi connectivity index (χ2v) is 6.17. The van der Waals surface area contributed by atoms with Gasteiger partial charge in [-0.05, 0) is 19.4 Å². The lowest BCUT2D eigenvalue weighted by Gasteiger charge is -2.38. The van der Waals surface area contributed by atoms with Crippen LogP contribution in [-0.2, 0) is 14.3 Å². The van der Waals surface area contributed by atoms with Gasteiger partial charge in [0.2, 0.25) is 5.60 Å². The summed E-state index contributed by atoms with van der Waals surface area (Å²) in [5.74, 6) is -0.931. The second-order valence-electron chi connectivity index (χ2n) is 5.81. The van der Waals surface area contributed by atoms with Gasteiger partial charge < -0.3 is 14.0 Å². The van der Waals surface area contributed by atoms with Crippen molar-refractivity contribution >= 4 is 23.4 Å². The van der Waals surface area contributed by atoms with Crippen LogP contribution < -0.4 is 0 Å². The van der Waals surface area contributed by atoms with Crippen molar-refractivity contribution in [3.63, 3.8) is 0 Å². The van der Waals surface area contributed by atoms with Crippen LogP contribution in [0.2, 0.25) is 5.15 Å². The first-order valence-corrected chi connectivity index (χ1v) is 7.92. The van der Waals surface area contributed by atoms with Crippen LogP contribution in [0.4, 0.5) is 0 Å². The Bertz CT molecular complexity index is 768. The Morgan fingerprint density at radius 1 is 1.33 bits per heavy atom. The molecule has 1 aromatic carbocycles. The topological polar surface area (TPSA) is 70.4 Å². The molecule has 2 heterocycles. The van der Waals surface area contributed by atoms with Crippen LogP contribution >= 0.6 is 11.6 Å². The lowest BCUT2D eigenvalue weighted by Crippen LogP contribution is -2.58. The van der Waals surface area contributed by atoms with Gasteiger partial charge in [-0.15, -0.1) is 0 Å². The number of ketones is 1. The first-order chi connectivity index (χ1) is 11.4. The van der Waals surface area contributed by atoms with E-state index in [1.165, 1.54) is 13.3 Å². The number of imidazole rings is 1. The molecule has 24 heavy (non-hydrogen) atoms. The summed E-state index contributed by atoms with van der Waals surface area (Å²) in [6.45, 7) is 3.43. The number of Topliss-reactive ketones (excluding diaryl/α,β-unsaturated/α-hetero) is 1. The van der Waals surface area contributed by atoms with Crippen molar-refractivity contribution in [3.8, 4) is 0 Å². The summed E-state index contributed by atoms with van der Waals surface area (Å²) in [5.41, 5.74) is -0.0969. The highest BCUT2D eigenvalue weighted by Crippen LogP contribution is 2.28. The van der Waals surface area contributed by atoms with E-state index in [4.69, 9.17) is 21.1 Å². The summed E-state index contributed by atoms with van der Waals surface area (Å²) in [4.78, 5) is 28.4. The summed E-state index contributed by atoms with van der Waals surface area (Å²) in [7, 11) is 0. The van der Waals surface area contributed by atoms with Crippen molar-refractivity contribution in [2.45, 2.75) is 25.5 Å². The molecule has 0 aliphatic carbocycles. The number of hydrogen-bond donors (Lipinski definition) is 0. The molecule has 7 heteroatoms. The number of hydrogen-bond acceptors (Lipinski definition) is 5. The number of carbonyl (C=O) groups is 2. The molecule has 1 saturated heterocycles. The van der Waals surface area contributed by atoms with Crippen LogP contribution in [0, 0.1) is 0 Å². The smallest absolute Gasteiger partial charge is 0.359 e. The van der Waals surface area contributed by atoms with Crippen LogP contribution in [0.3, 0.4) is 0 Å². The largest absolute Gasteiger partial charge is 0.441 e. The van der Waals surface area contributed by atoms with Crippen LogP contribution in [0.15, 0.2) is 36.7 Å². The minimum absolute atomic E-state index is 0.0433. The molecular formula is C17H17ClN2O4. The molecule has 0 unspecified atom stereocenters. The molecule has 1 aromatic heterocycles. The van der Waals surface area contributed by atoms with Crippen molar-refractivity contribution in [1.29, 1.82) is 0 Å². The van der Waals surface area contributed by atoms with Crippen LogP contribution in [0.1, 0.15) is 35.9 Å². The predicted octanol–water partition coefficient (Wildman–Crippen LogP) is 2.66. The van der Waals surface area contributed by atoms with E-state index < -0.39 is 11.6 Å². The molecular weight excluding hydrogens is 332 g/mol. The van der Waals surface area contributed by atoms with Gasteiger partial charge in [-0.2, -0.15) is 0 Å². The number of aromatic nitrogens is 2. The fraction of sp³-hybridized carbons (Fsp3) is 0.353. The fourth-order valence-corrected chi connectivity index (χ4v) is 2.78. The third-order valence-corrected chi connectivity index (χ3v) is 4.52. The Labute approximate surface area is 144 Å². The molecule has 3 rings (SSSR count). The summed E-state index contributed by atoms with van der Waals surface area (Å²) in [6, 6.07) is 9.48. The van der Waals surface area contributed by atoms with E-state index in [0.717, 1.165) is 5.56 Å². The molecule has 126 valence electrons. The monoisotopic (exact) mass is 348 g/mol. The fourth-order valence-electron chi connectivity index (χ4n) is 2.56. The SMILES string of the molecule is CC(=O)C1(OC(=O)c2c(Cl)ncn2[C@H](C)c2ccccc2)COC1. The Hall–Kier alpha value is -2.18. The van der Waals surface area contributed by atoms with Gasteiger partial charge >= 0.3 is 5.97 Å². The normalized spacial score (nSPS) is 17.0. The van der Waals surface area contributed by atoms with Gasteiger partial charge in [-0.3, -0.25) is 4.79 Å². The van der Waals surface area contributed by atoms with Crippen LogP contribution in [0.5, 0.6) is 0 Å². The number of halogens is 1. The molecule has 0 N–H and O–H groups in total. The molecule has 0 spiro atoms. The van der Waals surface area contributed by atoms with Crippen molar-refractivity contribution in [2.24, 2.45) is 0 Å². The molecule has 1 aliphatic heterocycles. The standard InChI is InChI=1S/C17H17ClN2O4/c1-11(13-6-4-3-5-7-13)20-10-19-15(18)14(20)16(22)24-17(12(2)21)8-23-9-17/h3-7,10-11H,8-9H2,1-2H3/t11-/m1/s1. The van der Waals surface area contributed by atoms with E-state index in [9.17, 15) is 9.59 Å². The zero-order chi connectivity index (χ0) is 17.3. The Morgan fingerprint density at radius 3 is 2.54 bits per heavy atom. The first-order valence-electron chi connectivity index (χ1n) is 7.54. The van der Waals surface area contributed by atoms with Crippen LogP contribution in [-0.4, -0.2) is 40.1 Å². The summed E-state index contributed by atoms with van der Waals surface area (Å²) < 4.78 is 12.1. The molecule has 2 aromatic rings. The number of nitrogens with zero attached hydrogens (tertiary/aromatic N) is 2. The Balaban J connectivity index is 1.90. The number of benzene rings is 1. The van der Waals surface area contributed by atoms with Gasteiger partial charge in [-0.1, -0.05) is 41.9 Å². The molecule has 1 atom stereocenters. The molecule has 0 radical (unpaired) electrons. The number of carbonyl (C=O) groups excluding carboxylic acids is 2. The zero-order valence-electron chi connectivity index (χ0n) is 13.4. The van der Waals surface area contributed by atoms with Crippen molar-refractivity contribution in [2.75, 3.05) is 13.2 Å². The minimum Gasteiger partial charge on any atom is -0.441 e. The summed E-state index contributed by atoms with van der Waals surface area (Å²) in [6.07, 6.45) is 1.49. The predicted molar refractivity (Wildman–Crippen MR) is 87.1 cm³/mol. The number of ether oxygens (including phenoxy) is 2. The average Bonchev–Trinajstić information content (AvgIpc) is 2.92. The number of esters is 1. The van der Waals surface area contributed by atoms with Crippen molar-refractivity contribution in [3.05, 3.63) is 53.1 Å². The highest BCUT2D eigenvalue weighted by molar-refractivity contribution is 6.32. The zero-order valence-corrected chi connectivity index (χ0v) is 14.1. The van der Waals surface area contributed by atoms with Gasteiger partial charge in [0.15, 0.2) is 16.6 Å². The average molecular weight is 349 g/mol. The van der Waals surface area contributed by atoms with E-state index in [0.29, 0.717) is 0 Å². The van der Waals surface area contributed by atoms with E-state index in [1.54, 1.807) is 4.57 Å². The number of rotatable bonds is 5. The van der Waals surface area contributed by atoms with E-state index in [2.05, 4.69) is 4.98 Å². The quantitative estimate of drug-likeness (QED) is 0.777. The highest BCUT2D eigenvalue weighted by atomic mass is 35.5. The Kier molecular flexibility index (Phi) is 4.43. The van der Waals surface area contributed by atoms with Gasteiger partial charge in [0.1, 0.15) is 0 Å². The van der Waals surface area contributed by atoms with Gasteiger partial charge in [0.05, 0.1) is 25.6 Å². The van der Waals surface area contributed by atoms with Gasteiger partial charge in [0, 0.05) is 0 Å². The van der Waals surface area contributed by atoms with E-state index in [-0.39, 0.29) is 35.9 Å².